The van der Waals surface area contributed by atoms with Crippen LogP contribution in [0.25, 0.3) is 10.8 Å². The molecule has 0 atom stereocenters. The highest BCUT2D eigenvalue weighted by atomic mass is 19.1. The van der Waals surface area contributed by atoms with Crippen LogP contribution in [0, 0.1) is 11.6 Å². The van der Waals surface area contributed by atoms with Crippen molar-refractivity contribution in [2.75, 3.05) is 5.32 Å². The van der Waals surface area contributed by atoms with E-state index in [-0.39, 0.29) is 0 Å². The number of halogens is 2. The van der Waals surface area contributed by atoms with E-state index in [1.54, 1.807) is 12.4 Å². The van der Waals surface area contributed by atoms with Gasteiger partial charge in [-0.05, 0) is 18.2 Å². The quantitative estimate of drug-likeness (QED) is 0.774. The van der Waals surface area contributed by atoms with Crippen LogP contribution >= 0.6 is 0 Å². The van der Waals surface area contributed by atoms with E-state index in [9.17, 15) is 8.78 Å². The average Bonchev–Trinajstić information content (AvgIpc) is 2.46. The zero-order valence-electron chi connectivity index (χ0n) is 10.6. The second kappa shape index (κ2) is 5.25. The standard InChI is InChI=1S/C16H12F2N2/c17-13-5-4-12(15(18)8-13)10-20-16-3-1-2-11-9-19-7-6-14(11)16/h1-9,20H,10H2. The van der Waals surface area contributed by atoms with Gasteiger partial charge in [-0.3, -0.25) is 4.98 Å². The maximum absolute atomic E-state index is 13.6. The molecule has 4 heteroatoms. The summed E-state index contributed by atoms with van der Waals surface area (Å²) in [6.07, 6.45) is 3.49. The van der Waals surface area contributed by atoms with E-state index in [1.165, 1.54) is 12.1 Å². The van der Waals surface area contributed by atoms with E-state index >= 15 is 0 Å². The molecule has 0 saturated heterocycles. The molecule has 2 nitrogen and oxygen atoms in total. The largest absolute Gasteiger partial charge is 0.380 e. The first-order chi connectivity index (χ1) is 9.74. The number of benzene rings is 2. The summed E-state index contributed by atoms with van der Waals surface area (Å²) >= 11 is 0. The van der Waals surface area contributed by atoms with E-state index in [4.69, 9.17) is 0 Å². The maximum atomic E-state index is 13.6. The minimum atomic E-state index is -0.567. The van der Waals surface area contributed by atoms with E-state index in [2.05, 4.69) is 10.3 Å². The van der Waals surface area contributed by atoms with Crippen molar-refractivity contribution in [2.24, 2.45) is 0 Å². The molecule has 0 saturated carbocycles. The van der Waals surface area contributed by atoms with E-state index < -0.39 is 11.6 Å². The van der Waals surface area contributed by atoms with Crippen LogP contribution in [-0.2, 0) is 6.54 Å². The number of nitrogens with zero attached hydrogens (tertiary/aromatic N) is 1. The summed E-state index contributed by atoms with van der Waals surface area (Å²) in [5, 5.41) is 5.20. The van der Waals surface area contributed by atoms with Gasteiger partial charge in [0.2, 0.25) is 0 Å². The molecule has 100 valence electrons. The van der Waals surface area contributed by atoms with Crippen molar-refractivity contribution in [3.05, 3.63) is 72.1 Å². The second-order valence-electron chi connectivity index (χ2n) is 4.49. The smallest absolute Gasteiger partial charge is 0.131 e. The first-order valence-electron chi connectivity index (χ1n) is 6.24. The summed E-state index contributed by atoms with van der Waals surface area (Å²) in [6, 6.07) is 11.3. The summed E-state index contributed by atoms with van der Waals surface area (Å²) in [5.41, 5.74) is 1.33. The van der Waals surface area contributed by atoms with Gasteiger partial charge in [0.1, 0.15) is 11.6 Å². The summed E-state index contributed by atoms with van der Waals surface area (Å²) < 4.78 is 26.4. The lowest BCUT2D eigenvalue weighted by molar-refractivity contribution is 0.574. The van der Waals surface area contributed by atoms with Gasteiger partial charge in [0.25, 0.3) is 0 Å². The molecule has 0 spiro atoms. The molecule has 0 amide bonds. The molecular formula is C16H12F2N2. The van der Waals surface area contributed by atoms with Crippen molar-refractivity contribution < 1.29 is 8.78 Å². The molecule has 1 heterocycles. The molecule has 0 unspecified atom stereocenters. The highest BCUT2D eigenvalue weighted by Crippen LogP contribution is 2.23. The van der Waals surface area contributed by atoms with Gasteiger partial charge in [0.05, 0.1) is 0 Å². The summed E-state index contributed by atoms with van der Waals surface area (Å²) in [7, 11) is 0. The number of hydrogen-bond acceptors (Lipinski definition) is 2. The maximum Gasteiger partial charge on any atom is 0.131 e. The minimum Gasteiger partial charge on any atom is -0.380 e. The number of nitrogens with one attached hydrogen (secondary N) is 1. The Morgan fingerprint density at radius 2 is 1.95 bits per heavy atom. The van der Waals surface area contributed by atoms with E-state index in [0.717, 1.165) is 22.5 Å². The predicted molar refractivity (Wildman–Crippen MR) is 75.4 cm³/mol. The fourth-order valence-electron chi connectivity index (χ4n) is 2.13. The molecular weight excluding hydrogens is 258 g/mol. The molecule has 0 aliphatic rings. The zero-order chi connectivity index (χ0) is 13.9. The molecule has 20 heavy (non-hydrogen) atoms. The van der Waals surface area contributed by atoms with Crippen molar-refractivity contribution in [2.45, 2.75) is 6.54 Å². The third-order valence-electron chi connectivity index (χ3n) is 3.17. The van der Waals surface area contributed by atoms with Crippen molar-refractivity contribution >= 4 is 16.5 Å². The summed E-state index contributed by atoms with van der Waals surface area (Å²) in [4.78, 5) is 4.07. The molecule has 3 rings (SSSR count). The summed E-state index contributed by atoms with van der Waals surface area (Å²) in [5.74, 6) is -1.11. The predicted octanol–water partition coefficient (Wildman–Crippen LogP) is 4.13. The Balaban J connectivity index is 1.87. The molecule has 0 aliphatic carbocycles. The highest BCUT2D eigenvalue weighted by molar-refractivity contribution is 5.93. The number of hydrogen-bond donors (Lipinski definition) is 1. The fourth-order valence-corrected chi connectivity index (χ4v) is 2.13. The normalized spacial score (nSPS) is 10.7. The SMILES string of the molecule is Fc1ccc(CNc2cccc3cnccc23)c(F)c1. The Morgan fingerprint density at radius 3 is 2.80 bits per heavy atom. The van der Waals surface area contributed by atoms with Gasteiger partial charge in [0.15, 0.2) is 0 Å². The van der Waals surface area contributed by atoms with Gasteiger partial charge in [0, 0.05) is 47.0 Å². The molecule has 3 aromatic rings. The second-order valence-corrected chi connectivity index (χ2v) is 4.49. The molecule has 0 bridgehead atoms. The van der Waals surface area contributed by atoms with Crippen LogP contribution in [0.2, 0.25) is 0 Å². The lowest BCUT2D eigenvalue weighted by Gasteiger charge is -2.10. The van der Waals surface area contributed by atoms with Gasteiger partial charge in [-0.2, -0.15) is 0 Å². The van der Waals surface area contributed by atoms with Crippen LogP contribution in [0.1, 0.15) is 5.56 Å². The molecule has 0 fully saturated rings. The Labute approximate surface area is 115 Å². The van der Waals surface area contributed by atoms with E-state index in [1.807, 2.05) is 24.3 Å². The van der Waals surface area contributed by atoms with Gasteiger partial charge in [-0.15, -0.1) is 0 Å². The summed E-state index contributed by atoms with van der Waals surface area (Å²) in [6.45, 7) is 0.299. The lowest BCUT2D eigenvalue weighted by atomic mass is 10.1. The third-order valence-corrected chi connectivity index (χ3v) is 3.17. The Hall–Kier alpha value is -2.49. The lowest BCUT2D eigenvalue weighted by Crippen LogP contribution is -2.02. The third kappa shape index (κ3) is 2.45. The molecule has 0 aliphatic heterocycles. The van der Waals surface area contributed by atoms with Gasteiger partial charge in [-0.1, -0.05) is 18.2 Å². The first kappa shape index (κ1) is 12.5. The van der Waals surface area contributed by atoms with Crippen LogP contribution in [-0.4, -0.2) is 4.98 Å². The first-order valence-corrected chi connectivity index (χ1v) is 6.24. The number of aromatic nitrogens is 1. The fraction of sp³-hybridized carbons (Fsp3) is 0.0625. The highest BCUT2D eigenvalue weighted by Gasteiger charge is 2.05. The van der Waals surface area contributed by atoms with Crippen molar-refractivity contribution in [3.63, 3.8) is 0 Å². The van der Waals surface area contributed by atoms with Crippen LogP contribution in [0.3, 0.4) is 0 Å². The Bertz CT molecular complexity index is 751. The zero-order valence-corrected chi connectivity index (χ0v) is 10.6. The van der Waals surface area contributed by atoms with Crippen LogP contribution in [0.15, 0.2) is 54.9 Å². The average molecular weight is 270 g/mol. The van der Waals surface area contributed by atoms with Crippen molar-refractivity contribution in [1.29, 1.82) is 0 Å². The number of pyridine rings is 1. The minimum absolute atomic E-state index is 0.299. The van der Waals surface area contributed by atoms with Crippen molar-refractivity contribution in [3.8, 4) is 0 Å². The topological polar surface area (TPSA) is 24.9 Å². The van der Waals surface area contributed by atoms with Crippen LogP contribution in [0.4, 0.5) is 14.5 Å². The van der Waals surface area contributed by atoms with Gasteiger partial charge >= 0.3 is 0 Å². The molecule has 0 radical (unpaired) electrons. The Morgan fingerprint density at radius 1 is 1.05 bits per heavy atom. The molecule has 1 aromatic heterocycles. The Kier molecular flexibility index (Phi) is 3.29. The molecule has 2 aromatic carbocycles. The van der Waals surface area contributed by atoms with Gasteiger partial charge < -0.3 is 5.32 Å². The van der Waals surface area contributed by atoms with E-state index in [0.29, 0.717) is 12.1 Å². The van der Waals surface area contributed by atoms with Gasteiger partial charge in [-0.25, -0.2) is 8.78 Å². The molecule has 1 N–H and O–H groups in total. The number of anilines is 1. The van der Waals surface area contributed by atoms with Crippen molar-refractivity contribution in [1.82, 2.24) is 4.98 Å². The number of rotatable bonds is 3. The number of fused-ring (bicyclic) bond motifs is 1. The van der Waals surface area contributed by atoms with Crippen LogP contribution < -0.4 is 5.32 Å². The van der Waals surface area contributed by atoms with Crippen LogP contribution in [0.5, 0.6) is 0 Å². The monoisotopic (exact) mass is 270 g/mol.